The van der Waals surface area contributed by atoms with E-state index in [9.17, 15) is 20.1 Å². The molecule has 1 aromatic carbocycles. The molecular formula is C23H32O7. The summed E-state index contributed by atoms with van der Waals surface area (Å²) in [5.74, 6) is -0.415. The number of hydrogen-bond donors (Lipinski definition) is 4. The Kier molecular flexibility index (Phi) is 8.27. The highest BCUT2D eigenvalue weighted by molar-refractivity contribution is 5.66. The van der Waals surface area contributed by atoms with E-state index in [0.717, 1.165) is 31.2 Å². The highest BCUT2D eigenvalue weighted by atomic mass is 16.7. The summed E-state index contributed by atoms with van der Waals surface area (Å²) < 4.78 is 11.3. The first-order valence-electron chi connectivity index (χ1n) is 10.8. The second-order valence-electron chi connectivity index (χ2n) is 8.24. The van der Waals surface area contributed by atoms with Crippen LogP contribution in [0.2, 0.25) is 0 Å². The first kappa shape index (κ1) is 22.7. The van der Waals surface area contributed by atoms with E-state index in [0.29, 0.717) is 25.2 Å². The monoisotopic (exact) mass is 420 g/mol. The molecule has 0 aromatic heterocycles. The van der Waals surface area contributed by atoms with Crippen molar-refractivity contribution in [2.75, 3.05) is 0 Å². The number of carboxylic acid groups (broad SMARTS) is 1. The molecule has 0 radical (unpaired) electrons. The fourth-order valence-electron chi connectivity index (χ4n) is 4.36. The Morgan fingerprint density at radius 3 is 2.70 bits per heavy atom. The van der Waals surface area contributed by atoms with E-state index in [1.807, 2.05) is 24.3 Å². The van der Waals surface area contributed by atoms with E-state index < -0.39 is 30.6 Å². The quantitative estimate of drug-likeness (QED) is 0.340. The molecule has 4 N–H and O–H groups in total. The lowest BCUT2D eigenvalue weighted by Gasteiger charge is -2.28. The van der Waals surface area contributed by atoms with E-state index in [1.54, 1.807) is 12.2 Å². The summed E-state index contributed by atoms with van der Waals surface area (Å²) in [5.41, 5.74) is 0.933. The van der Waals surface area contributed by atoms with Crippen molar-refractivity contribution in [1.82, 2.24) is 0 Å². The lowest BCUT2D eigenvalue weighted by Crippen LogP contribution is -2.36. The molecule has 0 spiro atoms. The van der Waals surface area contributed by atoms with Gasteiger partial charge in [0.15, 0.2) is 0 Å². The van der Waals surface area contributed by atoms with Crippen LogP contribution in [0, 0.1) is 11.8 Å². The summed E-state index contributed by atoms with van der Waals surface area (Å²) in [6.45, 7) is 0.362. The fourth-order valence-corrected chi connectivity index (χ4v) is 4.36. The molecule has 0 amide bonds. The van der Waals surface area contributed by atoms with Gasteiger partial charge in [0.1, 0.15) is 11.9 Å². The lowest BCUT2D eigenvalue weighted by atomic mass is 9.88. The molecule has 0 saturated heterocycles. The van der Waals surface area contributed by atoms with Crippen LogP contribution in [0.5, 0.6) is 5.75 Å². The van der Waals surface area contributed by atoms with Gasteiger partial charge in [0.2, 0.25) is 6.29 Å². The summed E-state index contributed by atoms with van der Waals surface area (Å²) in [6, 6.07) is 7.52. The molecule has 7 heteroatoms. The van der Waals surface area contributed by atoms with Crippen molar-refractivity contribution in [3.63, 3.8) is 0 Å². The van der Waals surface area contributed by atoms with Crippen LogP contribution in [0.25, 0.3) is 0 Å². The molecule has 0 unspecified atom stereocenters. The van der Waals surface area contributed by atoms with Gasteiger partial charge in [-0.15, -0.1) is 0 Å². The molecule has 2 aliphatic rings. The Hall–Kier alpha value is -1.93. The Labute approximate surface area is 176 Å². The largest absolute Gasteiger partial charge is 0.481 e. The maximum absolute atomic E-state index is 10.6. The molecule has 3 rings (SSSR count). The molecule has 1 aliphatic carbocycles. The summed E-state index contributed by atoms with van der Waals surface area (Å²) in [6.07, 6.45) is 4.84. The van der Waals surface area contributed by atoms with Crippen molar-refractivity contribution in [2.24, 2.45) is 11.8 Å². The third-order valence-corrected chi connectivity index (χ3v) is 6.02. The maximum Gasteiger partial charge on any atom is 0.303 e. The average Bonchev–Trinajstić information content (AvgIpc) is 3.00. The Balaban J connectivity index is 1.50. The van der Waals surface area contributed by atoms with Crippen LogP contribution in [0.3, 0.4) is 0 Å². The van der Waals surface area contributed by atoms with Gasteiger partial charge in [-0.1, -0.05) is 49.6 Å². The number of carbonyl (C=O) groups is 1. The molecule has 1 saturated carbocycles. The molecule has 1 heterocycles. The first-order valence-corrected chi connectivity index (χ1v) is 10.8. The van der Waals surface area contributed by atoms with E-state index in [4.69, 9.17) is 14.6 Å². The van der Waals surface area contributed by atoms with E-state index in [-0.39, 0.29) is 18.3 Å². The molecule has 1 fully saturated rings. The molecule has 1 aliphatic heterocycles. The SMILES string of the molecule is O=C(O)CCCCCC[C@@H]1[C@@H](/C=C/[C@@H](O)[C@H]2OCc3ccccc3O2)[C@H](O)C[C@@H]1O. The van der Waals surface area contributed by atoms with Crippen molar-refractivity contribution in [3.8, 4) is 5.75 Å². The van der Waals surface area contributed by atoms with Crippen LogP contribution >= 0.6 is 0 Å². The van der Waals surface area contributed by atoms with Gasteiger partial charge >= 0.3 is 5.97 Å². The number of ether oxygens (including phenoxy) is 2. The van der Waals surface area contributed by atoms with Crippen molar-refractivity contribution >= 4 is 5.97 Å². The minimum atomic E-state index is -0.986. The number of fused-ring (bicyclic) bond motifs is 1. The van der Waals surface area contributed by atoms with Gasteiger partial charge in [0.05, 0.1) is 18.8 Å². The normalized spacial score (nSPS) is 29.5. The number of hydrogen-bond acceptors (Lipinski definition) is 6. The average molecular weight is 421 g/mol. The minimum Gasteiger partial charge on any atom is -0.481 e. The summed E-state index contributed by atoms with van der Waals surface area (Å²) in [4.78, 5) is 10.6. The van der Waals surface area contributed by atoms with Gasteiger partial charge in [-0.05, 0) is 24.8 Å². The van der Waals surface area contributed by atoms with Gasteiger partial charge < -0.3 is 29.9 Å². The Bertz CT molecular complexity index is 719. The molecule has 6 atom stereocenters. The number of carboxylic acids is 1. The van der Waals surface area contributed by atoms with E-state index in [2.05, 4.69) is 0 Å². The third kappa shape index (κ3) is 6.04. The predicted molar refractivity (Wildman–Crippen MR) is 110 cm³/mol. The second kappa shape index (κ2) is 10.9. The standard InChI is InChI=1S/C23H32O7/c24-18(23-29-14-15-7-5-6-9-21(15)30-23)12-11-17-16(19(25)13-20(17)26)8-3-1-2-4-10-22(27)28/h5-7,9,11-12,16-20,23-26H,1-4,8,10,13-14H2,(H,27,28)/b12-11+/t16-,17-,18-,19+,20-,23+/m1/s1. The number of unbranched alkanes of at least 4 members (excludes halogenated alkanes) is 3. The minimum absolute atomic E-state index is 0.0863. The second-order valence-corrected chi connectivity index (χ2v) is 8.24. The fraction of sp³-hybridized carbons (Fsp3) is 0.609. The molecule has 7 nitrogen and oxygen atoms in total. The zero-order valence-corrected chi connectivity index (χ0v) is 17.1. The topological polar surface area (TPSA) is 116 Å². The summed E-state index contributed by atoms with van der Waals surface area (Å²) >= 11 is 0. The lowest BCUT2D eigenvalue weighted by molar-refractivity contribution is -0.152. The van der Waals surface area contributed by atoms with Crippen molar-refractivity contribution in [3.05, 3.63) is 42.0 Å². The van der Waals surface area contributed by atoms with Crippen molar-refractivity contribution in [1.29, 1.82) is 0 Å². The number of para-hydroxylation sites is 1. The zero-order valence-electron chi connectivity index (χ0n) is 17.1. The van der Waals surface area contributed by atoms with Crippen LogP contribution in [0.1, 0.15) is 50.5 Å². The highest BCUT2D eigenvalue weighted by Crippen LogP contribution is 2.37. The number of aliphatic hydroxyl groups excluding tert-OH is 3. The van der Waals surface area contributed by atoms with Crippen LogP contribution in [0.15, 0.2) is 36.4 Å². The summed E-state index contributed by atoms with van der Waals surface area (Å²) in [7, 11) is 0. The molecular weight excluding hydrogens is 388 g/mol. The molecule has 166 valence electrons. The molecule has 30 heavy (non-hydrogen) atoms. The van der Waals surface area contributed by atoms with Gasteiger partial charge in [-0.2, -0.15) is 0 Å². The van der Waals surface area contributed by atoms with Crippen molar-refractivity contribution in [2.45, 2.75) is 76.2 Å². The van der Waals surface area contributed by atoms with Gasteiger partial charge in [0.25, 0.3) is 0 Å². The van der Waals surface area contributed by atoms with E-state index >= 15 is 0 Å². The number of benzene rings is 1. The highest BCUT2D eigenvalue weighted by Gasteiger charge is 2.40. The van der Waals surface area contributed by atoms with Gasteiger partial charge in [-0.3, -0.25) is 4.79 Å². The maximum atomic E-state index is 10.6. The van der Waals surface area contributed by atoms with Crippen molar-refractivity contribution < 1.29 is 34.7 Å². The van der Waals surface area contributed by atoms with Crippen LogP contribution in [0.4, 0.5) is 0 Å². The van der Waals surface area contributed by atoms with Crippen LogP contribution in [-0.4, -0.2) is 51.0 Å². The van der Waals surface area contributed by atoms with Crippen LogP contribution in [-0.2, 0) is 16.1 Å². The number of aliphatic hydroxyl groups is 3. The first-order chi connectivity index (χ1) is 14.5. The predicted octanol–water partition coefficient (Wildman–Crippen LogP) is 2.62. The zero-order chi connectivity index (χ0) is 21.5. The Morgan fingerprint density at radius 2 is 1.90 bits per heavy atom. The molecule has 0 bridgehead atoms. The number of aliphatic carboxylic acids is 1. The van der Waals surface area contributed by atoms with Gasteiger partial charge in [-0.25, -0.2) is 0 Å². The summed E-state index contributed by atoms with van der Waals surface area (Å²) in [5, 5.41) is 39.9. The number of rotatable bonds is 10. The van der Waals surface area contributed by atoms with Crippen LogP contribution < -0.4 is 4.74 Å². The van der Waals surface area contributed by atoms with E-state index in [1.165, 1.54) is 0 Å². The molecule has 1 aromatic rings. The smallest absolute Gasteiger partial charge is 0.303 e. The Morgan fingerprint density at radius 1 is 1.13 bits per heavy atom. The van der Waals surface area contributed by atoms with Gasteiger partial charge in [0, 0.05) is 24.3 Å². The third-order valence-electron chi connectivity index (χ3n) is 6.02.